The Hall–Kier alpha value is -5.86. The van der Waals surface area contributed by atoms with Crippen LogP contribution in [0.5, 0.6) is 0 Å². The molecule has 0 saturated carbocycles. The van der Waals surface area contributed by atoms with Crippen LogP contribution in [0, 0.1) is 41.5 Å². The van der Waals surface area contributed by atoms with Crippen molar-refractivity contribution in [2.75, 3.05) is 0 Å². The Labute approximate surface area is 293 Å². The first-order chi connectivity index (χ1) is 24.2. The molecule has 0 fully saturated rings. The van der Waals surface area contributed by atoms with Crippen molar-refractivity contribution in [3.05, 3.63) is 167 Å². The maximum atomic E-state index is 2.40. The summed E-state index contributed by atoms with van der Waals surface area (Å²) in [6.07, 6.45) is 0. The smallest absolute Gasteiger partial charge is 0.0541 e. The van der Waals surface area contributed by atoms with Gasteiger partial charge in [-0.05, 0) is 154 Å². The highest BCUT2D eigenvalue weighted by Crippen LogP contribution is 2.38. The number of benzene rings is 7. The van der Waals surface area contributed by atoms with Crippen LogP contribution in [0.1, 0.15) is 33.4 Å². The number of hydrogen-bond acceptors (Lipinski definition) is 0. The van der Waals surface area contributed by atoms with Crippen molar-refractivity contribution < 1.29 is 0 Å². The Morgan fingerprint density at radius 1 is 0.300 bits per heavy atom. The molecule has 0 saturated heterocycles. The number of rotatable bonds is 4. The van der Waals surface area contributed by atoms with E-state index in [2.05, 4.69) is 184 Å². The van der Waals surface area contributed by atoms with Gasteiger partial charge in [0.05, 0.1) is 22.1 Å². The standard InChI is InChI=1S/C48H40N2/c1-29-7-19-45-41(23-29)42-24-30(2)8-20-46(42)49(45)37-15-11-35(12-16-37)39-28-40(34(6)27-33(39)5)36-13-17-38(18-14-36)50-47-21-9-31(3)25-43(47)44-26-32(4)10-22-48(44)50/h7-28H,1-6H3. The Morgan fingerprint density at radius 2 is 0.600 bits per heavy atom. The minimum atomic E-state index is 1.18. The van der Waals surface area contributed by atoms with Crippen LogP contribution in [0.2, 0.25) is 0 Å². The summed E-state index contributed by atoms with van der Waals surface area (Å²) in [5.74, 6) is 0. The van der Waals surface area contributed by atoms with E-state index in [0.717, 1.165) is 0 Å². The van der Waals surface area contributed by atoms with Crippen molar-refractivity contribution >= 4 is 43.6 Å². The van der Waals surface area contributed by atoms with Crippen molar-refractivity contribution in [2.24, 2.45) is 0 Å². The Kier molecular flexibility index (Phi) is 6.86. The largest absolute Gasteiger partial charge is 0.309 e. The lowest BCUT2D eigenvalue weighted by Gasteiger charge is -2.15. The Balaban J connectivity index is 1.10. The molecule has 2 aromatic heterocycles. The monoisotopic (exact) mass is 644 g/mol. The highest BCUT2D eigenvalue weighted by Gasteiger charge is 2.16. The first-order valence-corrected chi connectivity index (χ1v) is 17.6. The van der Waals surface area contributed by atoms with Crippen molar-refractivity contribution in [3.63, 3.8) is 0 Å². The van der Waals surface area contributed by atoms with Crippen LogP contribution in [-0.4, -0.2) is 9.13 Å². The van der Waals surface area contributed by atoms with E-state index in [1.165, 1.54) is 111 Å². The minimum Gasteiger partial charge on any atom is -0.309 e. The molecule has 0 N–H and O–H groups in total. The van der Waals surface area contributed by atoms with Gasteiger partial charge in [-0.1, -0.05) is 76.9 Å². The maximum Gasteiger partial charge on any atom is 0.0541 e. The maximum absolute atomic E-state index is 2.40. The van der Waals surface area contributed by atoms with Gasteiger partial charge in [0, 0.05) is 32.9 Å². The second-order valence-electron chi connectivity index (χ2n) is 14.3. The van der Waals surface area contributed by atoms with E-state index in [1.54, 1.807) is 0 Å². The molecule has 0 radical (unpaired) electrons. The third-order valence-electron chi connectivity index (χ3n) is 10.6. The molecule has 0 amide bonds. The normalized spacial score (nSPS) is 11.8. The zero-order valence-electron chi connectivity index (χ0n) is 29.6. The fourth-order valence-electron chi connectivity index (χ4n) is 8.11. The molecule has 0 unspecified atom stereocenters. The molecule has 0 atom stereocenters. The third kappa shape index (κ3) is 4.78. The number of hydrogen-bond donors (Lipinski definition) is 0. The first kappa shape index (κ1) is 30.2. The molecule has 2 nitrogen and oxygen atoms in total. The van der Waals surface area contributed by atoms with Gasteiger partial charge in [0.25, 0.3) is 0 Å². The van der Waals surface area contributed by atoms with Crippen molar-refractivity contribution in [2.45, 2.75) is 41.5 Å². The van der Waals surface area contributed by atoms with Gasteiger partial charge < -0.3 is 9.13 Å². The summed E-state index contributed by atoms with van der Waals surface area (Å²) in [7, 11) is 0. The van der Waals surface area contributed by atoms with Crippen molar-refractivity contribution in [1.82, 2.24) is 9.13 Å². The molecule has 0 spiro atoms. The zero-order chi connectivity index (χ0) is 34.3. The topological polar surface area (TPSA) is 9.86 Å². The van der Waals surface area contributed by atoms with Crippen LogP contribution in [0.15, 0.2) is 133 Å². The van der Waals surface area contributed by atoms with E-state index in [4.69, 9.17) is 0 Å². The van der Waals surface area contributed by atoms with E-state index >= 15 is 0 Å². The number of fused-ring (bicyclic) bond motifs is 6. The molecule has 50 heavy (non-hydrogen) atoms. The van der Waals surface area contributed by atoms with Crippen molar-refractivity contribution in [3.8, 4) is 33.6 Å². The molecular weight excluding hydrogens is 605 g/mol. The summed E-state index contributed by atoms with van der Waals surface area (Å²) in [5, 5.41) is 5.23. The van der Waals surface area contributed by atoms with Crippen molar-refractivity contribution in [1.29, 1.82) is 0 Å². The summed E-state index contributed by atoms with van der Waals surface area (Å²) in [6.45, 7) is 13.2. The summed E-state index contributed by atoms with van der Waals surface area (Å²) >= 11 is 0. The van der Waals surface area contributed by atoms with Gasteiger partial charge in [0.1, 0.15) is 0 Å². The first-order valence-electron chi connectivity index (χ1n) is 17.6. The predicted molar refractivity (Wildman–Crippen MR) is 214 cm³/mol. The molecule has 9 aromatic rings. The SMILES string of the molecule is Cc1ccc2c(c1)c1cc(C)ccc1n2-c1ccc(-c2cc(-c3ccc(-n4c5ccc(C)cc5c5cc(C)ccc54)cc3)c(C)cc2C)cc1. The number of aromatic nitrogens is 2. The molecule has 9 rings (SSSR count). The van der Waals surface area contributed by atoms with Gasteiger partial charge in [0.2, 0.25) is 0 Å². The van der Waals surface area contributed by atoms with Crippen LogP contribution in [-0.2, 0) is 0 Å². The van der Waals surface area contributed by atoms with Crippen LogP contribution < -0.4 is 0 Å². The van der Waals surface area contributed by atoms with E-state index in [1.807, 2.05) is 0 Å². The molecule has 0 aliphatic heterocycles. The molecule has 2 heterocycles. The van der Waals surface area contributed by atoms with Crippen LogP contribution in [0.25, 0.3) is 77.2 Å². The van der Waals surface area contributed by atoms with Crippen LogP contribution >= 0.6 is 0 Å². The molecule has 2 heteroatoms. The minimum absolute atomic E-state index is 1.18. The zero-order valence-corrected chi connectivity index (χ0v) is 29.6. The highest BCUT2D eigenvalue weighted by molar-refractivity contribution is 6.10. The molecule has 0 bridgehead atoms. The number of aryl methyl sites for hydroxylation is 6. The van der Waals surface area contributed by atoms with Gasteiger partial charge in [-0.15, -0.1) is 0 Å². The molecule has 0 aliphatic carbocycles. The molecule has 242 valence electrons. The lowest BCUT2D eigenvalue weighted by Crippen LogP contribution is -1.95. The van der Waals surface area contributed by atoms with Gasteiger partial charge in [-0.2, -0.15) is 0 Å². The summed E-state index contributed by atoms with van der Waals surface area (Å²) in [4.78, 5) is 0. The second kappa shape index (κ2) is 11.4. The van der Waals surface area contributed by atoms with Gasteiger partial charge in [-0.25, -0.2) is 0 Å². The average molecular weight is 645 g/mol. The summed E-state index contributed by atoms with van der Waals surface area (Å²) < 4.78 is 4.81. The fraction of sp³-hybridized carbons (Fsp3) is 0.125. The van der Waals surface area contributed by atoms with Crippen LogP contribution in [0.3, 0.4) is 0 Å². The molecular formula is C48H40N2. The Bertz CT molecular complexity index is 2480. The molecule has 0 aliphatic rings. The predicted octanol–water partition coefficient (Wildman–Crippen LogP) is 13.1. The molecule has 7 aromatic carbocycles. The van der Waals surface area contributed by atoms with E-state index < -0.39 is 0 Å². The van der Waals surface area contributed by atoms with Gasteiger partial charge in [-0.3, -0.25) is 0 Å². The number of nitrogens with zero attached hydrogens (tertiary/aromatic N) is 2. The fourth-order valence-corrected chi connectivity index (χ4v) is 8.11. The lowest BCUT2D eigenvalue weighted by atomic mass is 9.91. The average Bonchev–Trinajstić information content (AvgIpc) is 3.59. The second-order valence-corrected chi connectivity index (χ2v) is 14.3. The quantitative estimate of drug-likeness (QED) is 0.180. The van der Waals surface area contributed by atoms with E-state index in [0.29, 0.717) is 0 Å². The lowest BCUT2D eigenvalue weighted by molar-refractivity contribution is 1.18. The summed E-state index contributed by atoms with van der Waals surface area (Å²) in [6, 6.07) is 50.1. The third-order valence-corrected chi connectivity index (χ3v) is 10.6. The van der Waals surface area contributed by atoms with Gasteiger partial charge >= 0.3 is 0 Å². The summed E-state index contributed by atoms with van der Waals surface area (Å²) in [5.41, 5.74) is 20.0. The van der Waals surface area contributed by atoms with E-state index in [9.17, 15) is 0 Å². The van der Waals surface area contributed by atoms with Gasteiger partial charge in [0.15, 0.2) is 0 Å². The highest BCUT2D eigenvalue weighted by atomic mass is 15.0. The van der Waals surface area contributed by atoms with E-state index in [-0.39, 0.29) is 0 Å². The Morgan fingerprint density at radius 3 is 0.900 bits per heavy atom. The van der Waals surface area contributed by atoms with Crippen LogP contribution in [0.4, 0.5) is 0 Å².